The first-order valence-corrected chi connectivity index (χ1v) is 8.25. The highest BCUT2D eigenvalue weighted by Gasteiger charge is 2.20. The zero-order valence-corrected chi connectivity index (χ0v) is 13.6. The van der Waals surface area contributed by atoms with Crippen LogP contribution in [0, 0.1) is 17.8 Å². The lowest BCUT2D eigenvalue weighted by atomic mass is 9.81. The molecule has 0 aromatic carbocycles. The van der Waals surface area contributed by atoms with Crippen LogP contribution in [0.5, 0.6) is 0 Å². The quantitative estimate of drug-likeness (QED) is 0.791. The van der Waals surface area contributed by atoms with Crippen LogP contribution in [0.15, 0.2) is 0 Å². The van der Waals surface area contributed by atoms with Crippen LogP contribution in [0.2, 0.25) is 0 Å². The highest BCUT2D eigenvalue weighted by molar-refractivity contribution is 5.85. The van der Waals surface area contributed by atoms with Crippen LogP contribution < -0.4 is 10.6 Å². The van der Waals surface area contributed by atoms with Gasteiger partial charge in [-0.15, -0.1) is 12.4 Å². The summed E-state index contributed by atoms with van der Waals surface area (Å²) < 4.78 is 0. The number of amides is 1. The number of rotatable bonds is 6. The molecule has 0 aromatic heterocycles. The van der Waals surface area contributed by atoms with E-state index in [9.17, 15) is 4.79 Å². The first kappa shape index (κ1) is 17.8. The average molecular weight is 303 g/mol. The zero-order chi connectivity index (χ0) is 13.5. The summed E-state index contributed by atoms with van der Waals surface area (Å²) in [5.41, 5.74) is 0. The van der Waals surface area contributed by atoms with Gasteiger partial charge in [0.15, 0.2) is 0 Å². The topological polar surface area (TPSA) is 41.1 Å². The molecule has 0 radical (unpaired) electrons. The molecular formula is C16H31ClN2O. The highest BCUT2D eigenvalue weighted by Crippen LogP contribution is 2.30. The van der Waals surface area contributed by atoms with Gasteiger partial charge in [0, 0.05) is 13.0 Å². The summed E-state index contributed by atoms with van der Waals surface area (Å²) >= 11 is 0. The second-order valence-electron chi connectivity index (χ2n) is 6.50. The van der Waals surface area contributed by atoms with Crippen molar-refractivity contribution in [2.75, 3.05) is 19.6 Å². The van der Waals surface area contributed by atoms with Crippen LogP contribution in [-0.2, 0) is 4.79 Å². The molecule has 0 aromatic rings. The second-order valence-corrected chi connectivity index (χ2v) is 6.50. The Kier molecular flexibility index (Phi) is 8.55. The molecule has 20 heavy (non-hydrogen) atoms. The molecule has 0 bridgehead atoms. The molecule has 1 amide bonds. The van der Waals surface area contributed by atoms with E-state index in [0.717, 1.165) is 50.2 Å². The minimum absolute atomic E-state index is 0. The van der Waals surface area contributed by atoms with Gasteiger partial charge in [-0.25, -0.2) is 0 Å². The molecular weight excluding hydrogens is 272 g/mol. The Balaban J connectivity index is 0.00000200. The summed E-state index contributed by atoms with van der Waals surface area (Å²) in [6.07, 6.45) is 9.70. The fraction of sp³-hybridized carbons (Fsp3) is 0.938. The Labute approximate surface area is 130 Å². The molecule has 1 aliphatic heterocycles. The van der Waals surface area contributed by atoms with E-state index in [1.165, 1.54) is 38.5 Å². The van der Waals surface area contributed by atoms with Gasteiger partial charge in [-0.05, 0) is 56.5 Å². The van der Waals surface area contributed by atoms with E-state index >= 15 is 0 Å². The van der Waals surface area contributed by atoms with E-state index < -0.39 is 0 Å². The molecule has 0 spiro atoms. The largest absolute Gasteiger partial charge is 0.356 e. The van der Waals surface area contributed by atoms with Crippen molar-refractivity contribution in [3.05, 3.63) is 0 Å². The summed E-state index contributed by atoms with van der Waals surface area (Å²) in [6, 6.07) is 0. The first-order chi connectivity index (χ1) is 9.28. The van der Waals surface area contributed by atoms with Crippen molar-refractivity contribution in [2.45, 2.75) is 58.3 Å². The van der Waals surface area contributed by atoms with Gasteiger partial charge in [-0.2, -0.15) is 0 Å². The lowest BCUT2D eigenvalue weighted by molar-refractivity contribution is -0.121. The van der Waals surface area contributed by atoms with Crippen molar-refractivity contribution in [3.8, 4) is 0 Å². The Morgan fingerprint density at radius 1 is 1.10 bits per heavy atom. The summed E-state index contributed by atoms with van der Waals surface area (Å²) in [6.45, 7) is 5.45. The van der Waals surface area contributed by atoms with Crippen LogP contribution in [0.1, 0.15) is 58.3 Å². The lowest BCUT2D eigenvalue weighted by Crippen LogP contribution is -2.31. The molecule has 1 atom stereocenters. The predicted octanol–water partition coefficient (Wildman–Crippen LogP) is 3.13. The predicted molar refractivity (Wildman–Crippen MR) is 86.2 cm³/mol. The van der Waals surface area contributed by atoms with E-state index in [0.29, 0.717) is 0 Å². The van der Waals surface area contributed by atoms with E-state index in [1.807, 2.05) is 0 Å². The maximum absolute atomic E-state index is 11.8. The van der Waals surface area contributed by atoms with Crippen LogP contribution in [0.3, 0.4) is 0 Å². The maximum Gasteiger partial charge on any atom is 0.220 e. The smallest absolute Gasteiger partial charge is 0.220 e. The van der Waals surface area contributed by atoms with E-state index in [4.69, 9.17) is 0 Å². The maximum atomic E-state index is 11.8. The first-order valence-electron chi connectivity index (χ1n) is 8.25. The van der Waals surface area contributed by atoms with Crippen molar-refractivity contribution >= 4 is 18.3 Å². The molecule has 118 valence electrons. The van der Waals surface area contributed by atoms with Crippen molar-refractivity contribution in [3.63, 3.8) is 0 Å². The van der Waals surface area contributed by atoms with Crippen LogP contribution in [0.25, 0.3) is 0 Å². The number of carbonyl (C=O) groups excluding carboxylic acids is 1. The van der Waals surface area contributed by atoms with Crippen molar-refractivity contribution in [1.82, 2.24) is 10.6 Å². The van der Waals surface area contributed by atoms with Gasteiger partial charge in [0.05, 0.1) is 0 Å². The average Bonchev–Trinajstić information content (AvgIpc) is 2.96. The second kappa shape index (κ2) is 9.62. The van der Waals surface area contributed by atoms with Crippen LogP contribution in [-0.4, -0.2) is 25.5 Å². The van der Waals surface area contributed by atoms with Gasteiger partial charge in [0.2, 0.25) is 5.91 Å². The Hall–Kier alpha value is -0.280. The number of carbonyl (C=O) groups is 1. The molecule has 2 fully saturated rings. The standard InChI is InChI=1S/C16H30N2O.ClH/c1-2-13-3-5-14(6-4-13)12-18-16(19)8-7-15-9-10-17-11-15;/h13-15,17H,2-12H2,1H3,(H,18,19);1H. The number of halogens is 1. The molecule has 2 rings (SSSR count). The molecule has 3 nitrogen and oxygen atoms in total. The van der Waals surface area contributed by atoms with Gasteiger partial charge < -0.3 is 10.6 Å². The normalized spacial score (nSPS) is 29.8. The van der Waals surface area contributed by atoms with E-state index in [1.54, 1.807) is 0 Å². The summed E-state index contributed by atoms with van der Waals surface area (Å²) in [7, 11) is 0. The summed E-state index contributed by atoms with van der Waals surface area (Å²) in [5.74, 6) is 2.68. The highest BCUT2D eigenvalue weighted by atomic mass is 35.5. The molecule has 1 saturated heterocycles. The third-order valence-electron chi connectivity index (χ3n) is 5.07. The van der Waals surface area contributed by atoms with Gasteiger partial charge >= 0.3 is 0 Å². The van der Waals surface area contributed by atoms with Crippen LogP contribution >= 0.6 is 12.4 Å². The van der Waals surface area contributed by atoms with Gasteiger partial charge in [-0.3, -0.25) is 4.79 Å². The SMILES string of the molecule is CCC1CCC(CNC(=O)CCC2CCNC2)CC1.Cl. The molecule has 2 aliphatic rings. The number of hydrogen-bond donors (Lipinski definition) is 2. The van der Waals surface area contributed by atoms with Gasteiger partial charge in [-0.1, -0.05) is 26.2 Å². The molecule has 1 unspecified atom stereocenters. The van der Waals surface area contributed by atoms with Crippen molar-refractivity contribution in [1.29, 1.82) is 0 Å². The number of nitrogens with one attached hydrogen (secondary N) is 2. The monoisotopic (exact) mass is 302 g/mol. The van der Waals surface area contributed by atoms with Crippen molar-refractivity contribution < 1.29 is 4.79 Å². The van der Waals surface area contributed by atoms with Gasteiger partial charge in [0.1, 0.15) is 0 Å². The summed E-state index contributed by atoms with van der Waals surface area (Å²) in [5, 5.41) is 6.51. The molecule has 2 N–H and O–H groups in total. The van der Waals surface area contributed by atoms with Gasteiger partial charge in [0.25, 0.3) is 0 Å². The zero-order valence-electron chi connectivity index (χ0n) is 12.8. The van der Waals surface area contributed by atoms with Crippen molar-refractivity contribution in [2.24, 2.45) is 17.8 Å². The van der Waals surface area contributed by atoms with E-state index in [-0.39, 0.29) is 18.3 Å². The molecule has 4 heteroatoms. The molecule has 1 saturated carbocycles. The lowest BCUT2D eigenvalue weighted by Gasteiger charge is -2.27. The molecule has 1 aliphatic carbocycles. The minimum atomic E-state index is 0. The fourth-order valence-electron chi connectivity index (χ4n) is 3.49. The third kappa shape index (κ3) is 6.01. The van der Waals surface area contributed by atoms with E-state index in [2.05, 4.69) is 17.6 Å². The minimum Gasteiger partial charge on any atom is -0.356 e. The fourth-order valence-corrected chi connectivity index (χ4v) is 3.49. The number of hydrogen-bond acceptors (Lipinski definition) is 2. The Morgan fingerprint density at radius 2 is 1.80 bits per heavy atom. The Morgan fingerprint density at radius 3 is 2.40 bits per heavy atom. The molecule has 1 heterocycles. The Bertz CT molecular complexity index is 272. The summed E-state index contributed by atoms with van der Waals surface area (Å²) in [4.78, 5) is 11.8. The third-order valence-corrected chi connectivity index (χ3v) is 5.07. The van der Waals surface area contributed by atoms with Crippen LogP contribution in [0.4, 0.5) is 0 Å².